The molecule has 8 nitrogen and oxygen atoms in total. The van der Waals surface area contributed by atoms with Gasteiger partial charge < -0.3 is 23.6 Å². The van der Waals surface area contributed by atoms with Crippen molar-refractivity contribution >= 4 is 23.2 Å². The summed E-state index contributed by atoms with van der Waals surface area (Å²) in [5.41, 5.74) is 3.47. The first-order valence-corrected chi connectivity index (χ1v) is 14.6. The van der Waals surface area contributed by atoms with Gasteiger partial charge >= 0.3 is 12.2 Å². The van der Waals surface area contributed by atoms with Gasteiger partial charge in [0.15, 0.2) is 0 Å². The molecule has 1 fully saturated rings. The van der Waals surface area contributed by atoms with Crippen LogP contribution in [-0.4, -0.2) is 40.9 Å². The van der Waals surface area contributed by atoms with E-state index >= 15 is 0 Å². The molecule has 2 aromatic heterocycles. The lowest BCUT2D eigenvalue weighted by atomic mass is 9.90. The van der Waals surface area contributed by atoms with Crippen LogP contribution in [0.4, 0.5) is 9.59 Å². The first-order chi connectivity index (χ1) is 20.0. The first kappa shape index (κ1) is 29.3. The summed E-state index contributed by atoms with van der Waals surface area (Å²) in [6.07, 6.45) is 6.86. The van der Waals surface area contributed by atoms with Crippen LogP contribution in [-0.2, 0) is 15.9 Å². The van der Waals surface area contributed by atoms with Crippen molar-refractivity contribution in [3.63, 3.8) is 0 Å². The molecule has 0 saturated carbocycles. The average molecular weight is 573 g/mol. The van der Waals surface area contributed by atoms with Gasteiger partial charge in [0.2, 0.25) is 0 Å². The van der Waals surface area contributed by atoms with Crippen molar-refractivity contribution in [2.75, 3.05) is 6.54 Å². The van der Waals surface area contributed by atoms with E-state index in [0.717, 1.165) is 39.6 Å². The topological polar surface area (TPSA) is 94.2 Å². The second-order valence-electron chi connectivity index (χ2n) is 12.6. The molecule has 2 aromatic carbocycles. The standard InChI is InChI=1S/C34H40N2O6/c1-33(2,3)42-32(38)36-17-9-12-28(29(36)23-10-7-6-8-11-23)35-31(37)41-34(4,5)16-13-24-20-27(26-14-18-39-22-26)21-25-15-19-40-30(24)25/h6-8,10-11,14-15,18-22,28-29H,9,12-13,16-17H2,1-5H3,(H,35,37)/t28-,29-/m1/s1. The Morgan fingerprint density at radius 1 is 0.976 bits per heavy atom. The molecule has 5 rings (SSSR count). The number of rotatable bonds is 7. The number of carbonyl (C=O) groups excluding carboxylic acids is 2. The van der Waals surface area contributed by atoms with Gasteiger partial charge in [-0.3, -0.25) is 4.90 Å². The molecule has 42 heavy (non-hydrogen) atoms. The number of piperidine rings is 1. The Hall–Kier alpha value is -4.20. The number of nitrogens with one attached hydrogen (secondary N) is 1. The molecule has 0 radical (unpaired) electrons. The van der Waals surface area contributed by atoms with Crippen molar-refractivity contribution in [1.82, 2.24) is 10.2 Å². The minimum absolute atomic E-state index is 0.327. The van der Waals surface area contributed by atoms with Gasteiger partial charge in [-0.15, -0.1) is 0 Å². The number of hydrogen-bond acceptors (Lipinski definition) is 6. The van der Waals surface area contributed by atoms with E-state index in [1.165, 1.54) is 0 Å². The number of hydrogen-bond donors (Lipinski definition) is 1. The molecule has 1 aliphatic heterocycles. The SMILES string of the molecule is CC(C)(C)OC(=O)N1CCC[C@@H](NC(=O)OC(C)(C)CCc2cc(-c3ccoc3)cc3ccoc23)[C@H]1c1ccccc1. The van der Waals surface area contributed by atoms with E-state index in [1.807, 2.05) is 77.1 Å². The molecule has 3 heterocycles. The average Bonchev–Trinajstić information content (AvgIpc) is 3.63. The monoisotopic (exact) mass is 572 g/mol. The lowest BCUT2D eigenvalue weighted by Crippen LogP contribution is -2.53. The second kappa shape index (κ2) is 12.0. The Kier molecular flexibility index (Phi) is 8.34. The number of fused-ring (bicyclic) bond motifs is 1. The van der Waals surface area contributed by atoms with Gasteiger partial charge in [0.05, 0.1) is 30.9 Å². The molecule has 2 atom stereocenters. The van der Waals surface area contributed by atoms with Gasteiger partial charge in [-0.1, -0.05) is 30.3 Å². The fourth-order valence-electron chi connectivity index (χ4n) is 5.59. The quantitative estimate of drug-likeness (QED) is 0.240. The van der Waals surface area contributed by atoms with Crippen LogP contribution in [0.5, 0.6) is 0 Å². The number of benzene rings is 2. The Bertz CT molecular complexity index is 1500. The van der Waals surface area contributed by atoms with E-state index in [-0.39, 0.29) is 12.1 Å². The summed E-state index contributed by atoms with van der Waals surface area (Å²) in [4.78, 5) is 28.2. The molecule has 0 bridgehead atoms. The summed E-state index contributed by atoms with van der Waals surface area (Å²) in [5, 5.41) is 4.10. The number of aryl methyl sites for hydroxylation is 1. The molecule has 0 unspecified atom stereocenters. The molecule has 4 aromatic rings. The normalized spacial score (nSPS) is 17.7. The van der Waals surface area contributed by atoms with Crippen molar-refractivity contribution in [3.8, 4) is 11.1 Å². The van der Waals surface area contributed by atoms with Crippen molar-refractivity contribution < 1.29 is 27.9 Å². The third-order valence-corrected chi connectivity index (χ3v) is 7.55. The summed E-state index contributed by atoms with van der Waals surface area (Å²) in [6.45, 7) is 9.93. The molecule has 0 aliphatic carbocycles. The van der Waals surface area contributed by atoms with E-state index < -0.39 is 23.4 Å². The maximum Gasteiger partial charge on any atom is 0.410 e. The van der Waals surface area contributed by atoms with Crippen LogP contribution < -0.4 is 5.32 Å². The van der Waals surface area contributed by atoms with E-state index in [0.29, 0.717) is 25.8 Å². The number of likely N-dealkylation sites (tertiary alicyclic amines) is 1. The number of amides is 2. The molecule has 1 saturated heterocycles. The lowest BCUT2D eigenvalue weighted by Gasteiger charge is -2.42. The Morgan fingerprint density at radius 3 is 2.48 bits per heavy atom. The van der Waals surface area contributed by atoms with Crippen molar-refractivity contribution in [2.45, 2.75) is 83.6 Å². The van der Waals surface area contributed by atoms with Crippen molar-refractivity contribution in [1.29, 1.82) is 0 Å². The van der Waals surface area contributed by atoms with Gasteiger partial charge in [-0.05, 0) is 101 Å². The fourth-order valence-corrected chi connectivity index (χ4v) is 5.59. The Balaban J connectivity index is 1.28. The summed E-state index contributed by atoms with van der Waals surface area (Å²) in [7, 11) is 0. The van der Waals surface area contributed by atoms with E-state index in [9.17, 15) is 9.59 Å². The molecule has 8 heteroatoms. The van der Waals surface area contributed by atoms with Crippen LogP contribution in [0.25, 0.3) is 22.1 Å². The molecule has 222 valence electrons. The molecule has 2 amide bonds. The minimum atomic E-state index is -0.754. The van der Waals surface area contributed by atoms with Gasteiger partial charge in [-0.2, -0.15) is 0 Å². The first-order valence-electron chi connectivity index (χ1n) is 14.6. The van der Waals surface area contributed by atoms with Crippen LogP contribution in [0.1, 0.15) is 71.0 Å². The van der Waals surface area contributed by atoms with E-state index in [2.05, 4.69) is 17.4 Å². The number of furan rings is 2. The summed E-state index contributed by atoms with van der Waals surface area (Å²) < 4.78 is 22.8. The molecular weight excluding hydrogens is 532 g/mol. The lowest BCUT2D eigenvalue weighted by molar-refractivity contribution is -0.000882. The van der Waals surface area contributed by atoms with Crippen molar-refractivity contribution in [3.05, 3.63) is 84.5 Å². The number of ether oxygens (including phenoxy) is 2. The fraction of sp³-hybridized carbons (Fsp3) is 0.412. The van der Waals surface area contributed by atoms with Gasteiger partial charge in [0.1, 0.15) is 16.8 Å². The highest BCUT2D eigenvalue weighted by molar-refractivity contribution is 5.86. The van der Waals surface area contributed by atoms with Crippen LogP contribution in [0.3, 0.4) is 0 Å². The molecular formula is C34H40N2O6. The minimum Gasteiger partial charge on any atom is -0.472 e. The predicted octanol–water partition coefficient (Wildman–Crippen LogP) is 8.27. The zero-order valence-corrected chi connectivity index (χ0v) is 25.0. The van der Waals surface area contributed by atoms with Gasteiger partial charge in [0, 0.05) is 17.5 Å². The van der Waals surface area contributed by atoms with Gasteiger partial charge in [-0.25, -0.2) is 9.59 Å². The number of carbonyl (C=O) groups is 2. The molecule has 0 spiro atoms. The van der Waals surface area contributed by atoms with Crippen LogP contribution in [0.2, 0.25) is 0 Å². The zero-order chi connectivity index (χ0) is 29.9. The predicted molar refractivity (Wildman–Crippen MR) is 161 cm³/mol. The van der Waals surface area contributed by atoms with E-state index in [4.69, 9.17) is 18.3 Å². The van der Waals surface area contributed by atoms with Crippen molar-refractivity contribution in [2.24, 2.45) is 0 Å². The maximum absolute atomic E-state index is 13.3. The molecule has 1 aliphatic rings. The van der Waals surface area contributed by atoms with E-state index in [1.54, 1.807) is 23.7 Å². The van der Waals surface area contributed by atoms with Crippen LogP contribution in [0, 0.1) is 0 Å². The third-order valence-electron chi connectivity index (χ3n) is 7.55. The largest absolute Gasteiger partial charge is 0.472 e. The molecule has 1 N–H and O–H groups in total. The highest BCUT2D eigenvalue weighted by Gasteiger charge is 2.39. The summed E-state index contributed by atoms with van der Waals surface area (Å²) in [5.74, 6) is 0. The van der Waals surface area contributed by atoms with Crippen LogP contribution >= 0.6 is 0 Å². The summed E-state index contributed by atoms with van der Waals surface area (Å²) >= 11 is 0. The van der Waals surface area contributed by atoms with Gasteiger partial charge in [0.25, 0.3) is 0 Å². The Morgan fingerprint density at radius 2 is 1.76 bits per heavy atom. The highest BCUT2D eigenvalue weighted by atomic mass is 16.6. The second-order valence-corrected chi connectivity index (χ2v) is 12.6. The summed E-state index contributed by atoms with van der Waals surface area (Å²) in [6, 6.07) is 17.1. The maximum atomic E-state index is 13.3. The Labute approximate surface area is 247 Å². The van der Waals surface area contributed by atoms with Crippen LogP contribution in [0.15, 0.2) is 82.2 Å². The third kappa shape index (κ3) is 6.98. The highest BCUT2D eigenvalue weighted by Crippen LogP contribution is 2.34. The smallest absolute Gasteiger partial charge is 0.410 e. The number of nitrogens with zero attached hydrogens (tertiary/aromatic N) is 1. The number of alkyl carbamates (subject to hydrolysis) is 1. The zero-order valence-electron chi connectivity index (χ0n) is 25.0.